The molecule has 0 N–H and O–H groups in total. The molecule has 0 unspecified atom stereocenters. The van der Waals surface area contributed by atoms with Gasteiger partial charge in [0, 0.05) is 24.2 Å². The van der Waals surface area contributed by atoms with Gasteiger partial charge in [0.05, 0.1) is 5.56 Å². The largest absolute Gasteiger partial charge is 0.416 e. The summed E-state index contributed by atoms with van der Waals surface area (Å²) in [7, 11) is 0. The summed E-state index contributed by atoms with van der Waals surface area (Å²) >= 11 is 0. The van der Waals surface area contributed by atoms with Gasteiger partial charge in [-0.1, -0.05) is 36.4 Å². The molecule has 0 aliphatic carbocycles. The molecule has 1 saturated heterocycles. The quantitative estimate of drug-likeness (QED) is 0.585. The van der Waals surface area contributed by atoms with Gasteiger partial charge in [-0.15, -0.1) is 0 Å². The van der Waals surface area contributed by atoms with E-state index in [1.165, 1.54) is 24.3 Å². The van der Waals surface area contributed by atoms with E-state index in [4.69, 9.17) is 0 Å². The number of rotatable bonds is 4. The van der Waals surface area contributed by atoms with E-state index in [9.17, 15) is 22.8 Å². The van der Waals surface area contributed by atoms with Crippen molar-refractivity contribution in [1.29, 1.82) is 0 Å². The Morgan fingerprint density at radius 3 is 2.54 bits per heavy atom. The van der Waals surface area contributed by atoms with Crippen LogP contribution >= 0.6 is 0 Å². The number of hydrogen-bond acceptors (Lipinski definition) is 2. The Morgan fingerprint density at radius 2 is 1.85 bits per heavy atom. The highest BCUT2D eigenvalue weighted by atomic mass is 19.4. The van der Waals surface area contributed by atoms with Gasteiger partial charge in [-0.05, 0) is 36.3 Å². The van der Waals surface area contributed by atoms with Crippen LogP contribution in [0.2, 0.25) is 0 Å². The minimum Gasteiger partial charge on any atom is -0.312 e. The molecule has 0 aromatic heterocycles. The van der Waals surface area contributed by atoms with Crippen LogP contribution in [-0.2, 0) is 11.0 Å². The topological polar surface area (TPSA) is 37.4 Å². The molecule has 1 heterocycles. The van der Waals surface area contributed by atoms with Crippen molar-refractivity contribution in [3.8, 4) is 0 Å². The molecule has 2 aromatic carbocycles. The maximum absolute atomic E-state index is 13.0. The molecule has 2 aromatic rings. The number of nitrogens with zero attached hydrogens (tertiary/aromatic N) is 1. The van der Waals surface area contributed by atoms with Gasteiger partial charge in [-0.2, -0.15) is 13.2 Å². The fourth-order valence-corrected chi connectivity index (χ4v) is 2.91. The number of alkyl halides is 3. The predicted molar refractivity (Wildman–Crippen MR) is 92.8 cm³/mol. The van der Waals surface area contributed by atoms with Crippen LogP contribution < -0.4 is 4.90 Å². The number of halogens is 3. The lowest BCUT2D eigenvalue weighted by Crippen LogP contribution is -2.23. The van der Waals surface area contributed by atoms with E-state index in [-0.39, 0.29) is 11.5 Å². The third-order valence-corrected chi connectivity index (χ3v) is 4.20. The van der Waals surface area contributed by atoms with Crippen molar-refractivity contribution >= 4 is 23.5 Å². The first-order chi connectivity index (χ1) is 12.4. The Balaban J connectivity index is 1.83. The fraction of sp³-hybridized carbons (Fsp3) is 0.200. The summed E-state index contributed by atoms with van der Waals surface area (Å²) in [5.74, 6) is -0.417. The molecule has 0 saturated carbocycles. The molecule has 1 amide bonds. The maximum atomic E-state index is 13.0. The third kappa shape index (κ3) is 3.85. The Hall–Kier alpha value is -2.89. The highest BCUT2D eigenvalue weighted by Crippen LogP contribution is 2.32. The average molecular weight is 359 g/mol. The van der Waals surface area contributed by atoms with Crippen molar-refractivity contribution in [1.82, 2.24) is 0 Å². The number of benzene rings is 2. The molecule has 1 aliphatic rings. The molecule has 0 spiro atoms. The van der Waals surface area contributed by atoms with Crippen LogP contribution in [0.15, 0.2) is 54.6 Å². The van der Waals surface area contributed by atoms with Crippen molar-refractivity contribution in [2.75, 3.05) is 11.4 Å². The Kier molecular flexibility index (Phi) is 4.93. The molecule has 134 valence electrons. The molecule has 1 aliphatic heterocycles. The van der Waals surface area contributed by atoms with Crippen molar-refractivity contribution in [3.05, 3.63) is 71.3 Å². The first kappa shape index (κ1) is 17.9. The summed E-state index contributed by atoms with van der Waals surface area (Å²) in [4.78, 5) is 25.8. The van der Waals surface area contributed by atoms with Crippen LogP contribution in [0.25, 0.3) is 6.08 Å². The lowest BCUT2D eigenvalue weighted by molar-refractivity contribution is -0.137. The summed E-state index contributed by atoms with van der Waals surface area (Å²) < 4.78 is 39.0. The van der Waals surface area contributed by atoms with Crippen LogP contribution in [0.5, 0.6) is 0 Å². The maximum Gasteiger partial charge on any atom is 0.416 e. The zero-order valence-electron chi connectivity index (χ0n) is 13.8. The van der Waals surface area contributed by atoms with E-state index < -0.39 is 17.5 Å². The van der Waals surface area contributed by atoms with E-state index in [0.717, 1.165) is 18.6 Å². The lowest BCUT2D eigenvalue weighted by Gasteiger charge is -2.16. The lowest BCUT2D eigenvalue weighted by atomic mass is 10.0. The molecular formula is C20H16F3NO2. The second kappa shape index (κ2) is 7.15. The van der Waals surface area contributed by atoms with E-state index >= 15 is 0 Å². The van der Waals surface area contributed by atoms with E-state index in [2.05, 4.69) is 0 Å². The molecule has 3 nitrogen and oxygen atoms in total. The summed E-state index contributed by atoms with van der Waals surface area (Å²) in [5, 5.41) is 0. The number of hydrogen-bond donors (Lipinski definition) is 0. The Morgan fingerprint density at radius 1 is 1.08 bits per heavy atom. The molecule has 3 rings (SSSR count). The van der Waals surface area contributed by atoms with Gasteiger partial charge in [0.25, 0.3) is 0 Å². The minimum absolute atomic E-state index is 0.00393. The van der Waals surface area contributed by atoms with Gasteiger partial charge in [0.2, 0.25) is 5.91 Å². The number of anilines is 1. The molecule has 0 radical (unpaired) electrons. The van der Waals surface area contributed by atoms with Crippen molar-refractivity contribution in [2.24, 2.45) is 0 Å². The fourth-order valence-electron chi connectivity index (χ4n) is 2.91. The number of carbonyl (C=O) groups excluding carboxylic acids is 2. The Labute approximate surface area is 148 Å². The van der Waals surface area contributed by atoms with Crippen LogP contribution in [0.3, 0.4) is 0 Å². The van der Waals surface area contributed by atoms with Gasteiger partial charge in [0.15, 0.2) is 5.78 Å². The monoisotopic (exact) mass is 359 g/mol. The average Bonchev–Trinajstić information content (AvgIpc) is 3.05. The normalized spacial score (nSPS) is 15.0. The van der Waals surface area contributed by atoms with Gasteiger partial charge < -0.3 is 4.90 Å². The summed E-state index contributed by atoms with van der Waals surface area (Å²) in [6.07, 6.45) is -0.953. The SMILES string of the molecule is O=C(/C=C/c1ccccc1C(F)(F)F)c1cccc(N2CCCC2=O)c1. The van der Waals surface area contributed by atoms with Crippen molar-refractivity contribution < 1.29 is 22.8 Å². The first-order valence-corrected chi connectivity index (χ1v) is 8.15. The number of allylic oxidation sites excluding steroid dienone is 1. The van der Waals surface area contributed by atoms with Gasteiger partial charge in [-0.25, -0.2) is 0 Å². The summed E-state index contributed by atoms with van der Waals surface area (Å²) in [6.45, 7) is 0.602. The number of carbonyl (C=O) groups is 2. The summed E-state index contributed by atoms with van der Waals surface area (Å²) in [5.41, 5.74) is 0.0880. The van der Waals surface area contributed by atoms with Gasteiger partial charge >= 0.3 is 6.18 Å². The molecule has 6 heteroatoms. The van der Waals surface area contributed by atoms with E-state index in [0.29, 0.717) is 24.2 Å². The van der Waals surface area contributed by atoms with Gasteiger partial charge in [0.1, 0.15) is 0 Å². The molecular weight excluding hydrogens is 343 g/mol. The van der Waals surface area contributed by atoms with Crippen LogP contribution in [0.1, 0.15) is 34.3 Å². The zero-order valence-corrected chi connectivity index (χ0v) is 13.8. The smallest absolute Gasteiger partial charge is 0.312 e. The van der Waals surface area contributed by atoms with Crippen LogP contribution in [-0.4, -0.2) is 18.2 Å². The molecule has 0 atom stereocenters. The highest BCUT2D eigenvalue weighted by Gasteiger charge is 2.32. The Bertz CT molecular complexity index is 871. The third-order valence-electron chi connectivity index (χ3n) is 4.20. The molecule has 26 heavy (non-hydrogen) atoms. The van der Waals surface area contributed by atoms with E-state index in [1.807, 2.05) is 0 Å². The first-order valence-electron chi connectivity index (χ1n) is 8.15. The van der Waals surface area contributed by atoms with Crippen molar-refractivity contribution in [2.45, 2.75) is 19.0 Å². The predicted octanol–water partition coefficient (Wildman–Crippen LogP) is 4.73. The summed E-state index contributed by atoms with van der Waals surface area (Å²) in [6, 6.07) is 11.6. The second-order valence-corrected chi connectivity index (χ2v) is 5.98. The van der Waals surface area contributed by atoms with Crippen LogP contribution in [0.4, 0.5) is 18.9 Å². The number of ketones is 1. The van der Waals surface area contributed by atoms with Crippen molar-refractivity contribution in [3.63, 3.8) is 0 Å². The number of amides is 1. The molecule has 0 bridgehead atoms. The van der Waals surface area contributed by atoms with E-state index in [1.54, 1.807) is 29.2 Å². The molecule has 1 fully saturated rings. The zero-order chi connectivity index (χ0) is 18.7. The second-order valence-electron chi connectivity index (χ2n) is 5.98. The minimum atomic E-state index is -4.49. The van der Waals surface area contributed by atoms with Gasteiger partial charge in [-0.3, -0.25) is 9.59 Å². The standard InChI is InChI=1S/C20H16F3NO2/c21-20(22,23)17-8-2-1-5-14(17)10-11-18(25)15-6-3-7-16(13-15)24-12-4-9-19(24)26/h1-3,5-8,10-11,13H,4,9,12H2/b11-10+. The highest BCUT2D eigenvalue weighted by molar-refractivity contribution is 6.08. The van der Waals surface area contributed by atoms with Crippen LogP contribution in [0, 0.1) is 0 Å².